The second-order valence-corrected chi connectivity index (χ2v) is 12.0. The third kappa shape index (κ3) is 7.06. The predicted molar refractivity (Wildman–Crippen MR) is 162 cm³/mol. The lowest BCUT2D eigenvalue weighted by atomic mass is 9.82. The molecule has 40 heavy (non-hydrogen) atoms. The first kappa shape index (κ1) is 29.7. The van der Waals surface area contributed by atoms with Crippen LogP contribution in [0, 0.1) is 5.92 Å². The third-order valence-corrected chi connectivity index (χ3v) is 8.00. The van der Waals surface area contributed by atoms with Crippen molar-refractivity contribution in [1.82, 2.24) is 14.7 Å². The maximum absolute atomic E-state index is 12.3. The Balaban J connectivity index is 1.50. The van der Waals surface area contributed by atoms with Crippen molar-refractivity contribution < 1.29 is 14.3 Å². The summed E-state index contributed by atoms with van der Waals surface area (Å²) in [5.74, 6) is 0.873. The van der Waals surface area contributed by atoms with E-state index in [1.807, 2.05) is 52.2 Å². The van der Waals surface area contributed by atoms with Crippen molar-refractivity contribution in [2.45, 2.75) is 65.0 Å². The van der Waals surface area contributed by atoms with Crippen LogP contribution in [0.15, 0.2) is 53.6 Å². The number of aliphatic imine (C=N–C) groups is 1. The lowest BCUT2D eigenvalue weighted by molar-refractivity contribution is 0.0635. The number of carbonyl (C=O) groups excluding carboxylic acids is 1. The number of benzene rings is 1. The van der Waals surface area contributed by atoms with E-state index in [1.165, 1.54) is 12.8 Å². The minimum atomic E-state index is -0.604. The Labute approximate surface area is 239 Å². The molecular formula is C31H46N6O3. The van der Waals surface area contributed by atoms with E-state index in [0.29, 0.717) is 29.1 Å². The SMILES string of the molecule is C=C([C@H]1CC[C@H](N2CCN(C)CC2)CC1)N1C=CN=C(C)/C1=C(/N)c1ccc(NC(=O)OC(C)(C)C)c(OC)c1. The Morgan fingerprint density at radius 1 is 1.12 bits per heavy atom. The molecule has 0 bridgehead atoms. The van der Waals surface area contributed by atoms with Gasteiger partial charge in [0.1, 0.15) is 11.4 Å². The number of nitrogens with two attached hydrogens (primary N) is 1. The van der Waals surface area contributed by atoms with Gasteiger partial charge in [-0.1, -0.05) is 12.6 Å². The fourth-order valence-corrected chi connectivity index (χ4v) is 5.76. The summed E-state index contributed by atoms with van der Waals surface area (Å²) < 4.78 is 11.0. The number of carbonyl (C=O) groups is 1. The molecule has 3 aliphatic rings. The zero-order valence-corrected chi connectivity index (χ0v) is 25.0. The Morgan fingerprint density at radius 3 is 2.42 bits per heavy atom. The molecule has 1 amide bonds. The van der Waals surface area contributed by atoms with Crippen molar-refractivity contribution in [3.05, 3.63) is 54.1 Å². The summed E-state index contributed by atoms with van der Waals surface area (Å²) in [4.78, 5) is 24.1. The molecule has 218 valence electrons. The first-order valence-electron chi connectivity index (χ1n) is 14.3. The smallest absolute Gasteiger partial charge is 0.412 e. The fourth-order valence-electron chi connectivity index (χ4n) is 5.76. The zero-order chi connectivity index (χ0) is 29.0. The monoisotopic (exact) mass is 550 g/mol. The van der Waals surface area contributed by atoms with E-state index < -0.39 is 11.7 Å². The van der Waals surface area contributed by atoms with Crippen molar-refractivity contribution in [3.63, 3.8) is 0 Å². The van der Waals surface area contributed by atoms with Crippen molar-refractivity contribution in [2.24, 2.45) is 16.6 Å². The molecule has 9 nitrogen and oxygen atoms in total. The lowest BCUT2D eigenvalue weighted by Gasteiger charge is -2.42. The van der Waals surface area contributed by atoms with Crippen LogP contribution in [-0.2, 0) is 4.74 Å². The Hall–Kier alpha value is -3.30. The molecule has 9 heteroatoms. The lowest BCUT2D eigenvalue weighted by Crippen LogP contribution is -2.50. The quantitative estimate of drug-likeness (QED) is 0.500. The molecule has 1 aromatic rings. The number of ether oxygens (including phenoxy) is 2. The van der Waals surface area contributed by atoms with Crippen LogP contribution in [0.3, 0.4) is 0 Å². The molecule has 1 saturated heterocycles. The van der Waals surface area contributed by atoms with E-state index in [-0.39, 0.29) is 0 Å². The first-order chi connectivity index (χ1) is 19.0. The van der Waals surface area contributed by atoms with Crippen molar-refractivity contribution in [3.8, 4) is 5.75 Å². The maximum atomic E-state index is 12.3. The number of likely N-dealkylation sites (N-methyl/N-ethyl adjacent to an activating group) is 1. The summed E-state index contributed by atoms with van der Waals surface area (Å²) in [5.41, 5.74) is 10.7. The number of anilines is 1. The molecule has 1 aliphatic carbocycles. The van der Waals surface area contributed by atoms with Gasteiger partial charge in [-0.05, 0) is 78.5 Å². The number of amides is 1. The number of piperazine rings is 1. The summed E-state index contributed by atoms with van der Waals surface area (Å²) in [5, 5.41) is 2.76. The molecule has 2 heterocycles. The van der Waals surface area contributed by atoms with E-state index in [9.17, 15) is 4.79 Å². The highest BCUT2D eigenvalue weighted by atomic mass is 16.6. The first-order valence-corrected chi connectivity index (χ1v) is 14.3. The highest BCUT2D eigenvalue weighted by Crippen LogP contribution is 2.37. The van der Waals surface area contributed by atoms with Gasteiger partial charge in [0.2, 0.25) is 0 Å². The number of allylic oxidation sites excluding steroid dienone is 2. The molecule has 0 spiro atoms. The summed E-state index contributed by atoms with van der Waals surface area (Å²) >= 11 is 0. The number of hydrogen-bond acceptors (Lipinski definition) is 8. The van der Waals surface area contributed by atoms with Gasteiger partial charge >= 0.3 is 6.09 Å². The van der Waals surface area contributed by atoms with Gasteiger partial charge in [0.25, 0.3) is 0 Å². The van der Waals surface area contributed by atoms with Gasteiger partial charge in [-0.25, -0.2) is 4.79 Å². The number of hydrogen-bond donors (Lipinski definition) is 2. The molecule has 2 fully saturated rings. The van der Waals surface area contributed by atoms with Crippen LogP contribution in [0.4, 0.5) is 10.5 Å². The number of nitrogens with zero attached hydrogens (tertiary/aromatic N) is 4. The number of rotatable bonds is 6. The van der Waals surface area contributed by atoms with Crippen molar-refractivity contribution in [2.75, 3.05) is 45.7 Å². The van der Waals surface area contributed by atoms with E-state index >= 15 is 0 Å². The summed E-state index contributed by atoms with van der Waals surface area (Å²) in [6.45, 7) is 16.6. The van der Waals surface area contributed by atoms with Crippen molar-refractivity contribution in [1.29, 1.82) is 0 Å². The van der Waals surface area contributed by atoms with Gasteiger partial charge < -0.3 is 25.0 Å². The average Bonchev–Trinajstić information content (AvgIpc) is 2.92. The minimum Gasteiger partial charge on any atom is -0.495 e. The van der Waals surface area contributed by atoms with Crippen LogP contribution in [0.2, 0.25) is 0 Å². The normalized spacial score (nSPS) is 23.9. The van der Waals surface area contributed by atoms with Crippen molar-refractivity contribution >= 4 is 23.2 Å². The molecule has 3 N–H and O–H groups in total. The highest BCUT2D eigenvalue weighted by molar-refractivity contribution is 6.05. The molecule has 1 saturated carbocycles. The van der Waals surface area contributed by atoms with Crippen LogP contribution >= 0.6 is 0 Å². The zero-order valence-electron chi connectivity index (χ0n) is 25.0. The van der Waals surface area contributed by atoms with Crippen LogP contribution < -0.4 is 15.8 Å². The number of methoxy groups -OCH3 is 1. The van der Waals surface area contributed by atoms with Gasteiger partial charge in [-0.15, -0.1) is 0 Å². The van der Waals surface area contributed by atoms with Gasteiger partial charge in [0.05, 0.1) is 29.9 Å². The van der Waals surface area contributed by atoms with Gasteiger partial charge in [-0.3, -0.25) is 15.2 Å². The second-order valence-electron chi connectivity index (χ2n) is 12.0. The fraction of sp³-hybridized carbons (Fsp3) is 0.548. The Kier molecular flexibility index (Phi) is 9.26. The third-order valence-electron chi connectivity index (χ3n) is 8.00. The van der Waals surface area contributed by atoms with E-state index in [1.54, 1.807) is 13.2 Å². The molecule has 2 aliphatic heterocycles. The van der Waals surface area contributed by atoms with Crippen LogP contribution in [0.5, 0.6) is 5.75 Å². The van der Waals surface area contributed by atoms with Crippen LogP contribution in [0.1, 0.15) is 58.9 Å². The maximum Gasteiger partial charge on any atom is 0.412 e. The molecule has 4 rings (SSSR count). The van der Waals surface area contributed by atoms with Gasteiger partial charge in [-0.2, -0.15) is 0 Å². The Bertz CT molecular complexity index is 1180. The van der Waals surface area contributed by atoms with E-state index in [2.05, 4.69) is 38.6 Å². The average molecular weight is 551 g/mol. The highest BCUT2D eigenvalue weighted by Gasteiger charge is 2.32. The topological polar surface area (TPSA) is 95.7 Å². The Morgan fingerprint density at radius 2 is 1.80 bits per heavy atom. The van der Waals surface area contributed by atoms with E-state index in [0.717, 1.165) is 61.7 Å². The molecule has 1 aromatic carbocycles. The summed E-state index contributed by atoms with van der Waals surface area (Å²) in [6, 6.07) is 6.13. The number of nitrogens with one attached hydrogen (secondary N) is 1. The largest absolute Gasteiger partial charge is 0.495 e. The molecule has 0 aromatic heterocycles. The van der Waals surface area contributed by atoms with Crippen LogP contribution in [-0.4, -0.2) is 78.5 Å². The van der Waals surface area contributed by atoms with E-state index in [4.69, 9.17) is 15.2 Å². The molecular weight excluding hydrogens is 504 g/mol. The predicted octanol–water partition coefficient (Wildman–Crippen LogP) is 5.24. The second kappa shape index (κ2) is 12.5. The molecule has 0 atom stereocenters. The minimum absolute atomic E-state index is 0.386. The van der Waals surface area contributed by atoms with Gasteiger partial charge in [0.15, 0.2) is 0 Å². The molecule has 0 radical (unpaired) electrons. The standard InChI is InChI=1S/C31H46N6O3/c1-21-29(28(32)24-10-13-26(27(20-24)39-7)34-30(38)40-31(3,4)5)37(15-14-33-21)22(2)23-8-11-25(12-9-23)36-18-16-35(6)17-19-36/h10,13-15,20,23,25H,2,8-9,11-12,16-19,32H2,1,3-7H3,(H,34,38)/b29-28-/t23-,25-. The molecule has 0 unspecified atom stereocenters. The summed E-state index contributed by atoms with van der Waals surface area (Å²) in [7, 11) is 3.77. The van der Waals surface area contributed by atoms with Crippen LogP contribution in [0.25, 0.3) is 5.70 Å². The van der Waals surface area contributed by atoms with Gasteiger partial charge in [0, 0.05) is 55.9 Å². The summed E-state index contributed by atoms with van der Waals surface area (Å²) in [6.07, 6.45) is 7.83.